The molecule has 6 aromatic rings. The first-order valence-electron chi connectivity index (χ1n) is 11.9. The van der Waals surface area contributed by atoms with E-state index in [2.05, 4.69) is 41.4 Å². The van der Waals surface area contributed by atoms with Gasteiger partial charge >= 0.3 is 6.18 Å². The van der Waals surface area contributed by atoms with Crippen molar-refractivity contribution in [3.05, 3.63) is 133 Å². The van der Waals surface area contributed by atoms with E-state index in [1.807, 2.05) is 77.7 Å². The van der Waals surface area contributed by atoms with Gasteiger partial charge in [-0.05, 0) is 46.2 Å². The third kappa shape index (κ3) is 4.08. The number of rotatable bonds is 4. The van der Waals surface area contributed by atoms with Crippen LogP contribution in [0.15, 0.2) is 128 Å². The highest BCUT2D eigenvalue weighted by Crippen LogP contribution is 2.47. The van der Waals surface area contributed by atoms with Gasteiger partial charge in [0.15, 0.2) is 0 Å². The van der Waals surface area contributed by atoms with Crippen molar-refractivity contribution in [2.75, 3.05) is 4.90 Å². The SMILES string of the molecule is FC(F)(F)c1ccc(N(c2ccccc2)c2c3ccccc3c(-c3ccccc3)c3ccccc23)nc1. The minimum absolute atomic E-state index is 0.405. The van der Waals surface area contributed by atoms with E-state index in [0.29, 0.717) is 5.82 Å². The molecule has 0 spiro atoms. The molecule has 0 N–H and O–H groups in total. The molecule has 0 fully saturated rings. The van der Waals surface area contributed by atoms with Crippen LogP contribution >= 0.6 is 0 Å². The average Bonchev–Trinajstić information content (AvgIpc) is 2.94. The fourth-order valence-electron chi connectivity index (χ4n) is 4.90. The van der Waals surface area contributed by atoms with Crippen LogP contribution in [0, 0.1) is 0 Å². The second-order valence-corrected chi connectivity index (χ2v) is 8.75. The van der Waals surface area contributed by atoms with Crippen LogP contribution < -0.4 is 4.90 Å². The molecule has 0 saturated carbocycles. The predicted octanol–water partition coefficient (Wildman–Crippen LogP) is 9.54. The topological polar surface area (TPSA) is 16.1 Å². The van der Waals surface area contributed by atoms with Crippen molar-refractivity contribution in [1.29, 1.82) is 0 Å². The Labute approximate surface area is 212 Å². The number of anilines is 3. The molecule has 180 valence electrons. The first-order chi connectivity index (χ1) is 18.0. The van der Waals surface area contributed by atoms with Gasteiger partial charge in [0.25, 0.3) is 0 Å². The molecule has 0 aliphatic carbocycles. The average molecular weight is 491 g/mol. The number of para-hydroxylation sites is 1. The highest BCUT2D eigenvalue weighted by atomic mass is 19.4. The molecule has 1 heterocycles. The van der Waals surface area contributed by atoms with Gasteiger partial charge in [-0.25, -0.2) is 4.98 Å². The van der Waals surface area contributed by atoms with Crippen LogP contribution in [-0.2, 0) is 6.18 Å². The van der Waals surface area contributed by atoms with Gasteiger partial charge in [-0.15, -0.1) is 0 Å². The summed E-state index contributed by atoms with van der Waals surface area (Å²) in [6.45, 7) is 0. The maximum Gasteiger partial charge on any atom is 0.417 e. The molecule has 5 aromatic carbocycles. The van der Waals surface area contributed by atoms with Crippen LogP contribution in [-0.4, -0.2) is 4.98 Å². The standard InChI is InChI=1S/C32H21F3N2/c33-32(34,35)23-19-20-29(36-21-23)37(24-13-5-2-6-14-24)31-27-17-9-7-15-25(27)30(22-11-3-1-4-12-22)26-16-8-10-18-28(26)31/h1-21H. The quantitative estimate of drug-likeness (QED) is 0.229. The van der Waals surface area contributed by atoms with Crippen molar-refractivity contribution in [2.24, 2.45) is 0 Å². The summed E-state index contributed by atoms with van der Waals surface area (Å²) in [5.41, 5.74) is 3.10. The van der Waals surface area contributed by atoms with Crippen molar-refractivity contribution in [1.82, 2.24) is 4.98 Å². The lowest BCUT2D eigenvalue weighted by molar-refractivity contribution is -0.137. The molecule has 1 aromatic heterocycles. The fourth-order valence-corrected chi connectivity index (χ4v) is 4.90. The highest BCUT2D eigenvalue weighted by molar-refractivity contribution is 6.22. The van der Waals surface area contributed by atoms with Crippen molar-refractivity contribution >= 4 is 38.7 Å². The molecule has 0 aliphatic heterocycles. The van der Waals surface area contributed by atoms with Gasteiger partial charge in [0, 0.05) is 22.7 Å². The van der Waals surface area contributed by atoms with Crippen molar-refractivity contribution < 1.29 is 13.2 Å². The molecule has 0 saturated heterocycles. The van der Waals surface area contributed by atoms with Gasteiger partial charge in [0.1, 0.15) is 5.82 Å². The fraction of sp³-hybridized carbons (Fsp3) is 0.0312. The first kappa shape index (κ1) is 22.8. The summed E-state index contributed by atoms with van der Waals surface area (Å²) in [5.74, 6) is 0.405. The Morgan fingerprint density at radius 1 is 0.541 bits per heavy atom. The third-order valence-corrected chi connectivity index (χ3v) is 6.51. The van der Waals surface area contributed by atoms with E-state index in [4.69, 9.17) is 0 Å². The van der Waals surface area contributed by atoms with Crippen LogP contribution in [0.25, 0.3) is 32.7 Å². The van der Waals surface area contributed by atoms with Crippen LogP contribution in [0.5, 0.6) is 0 Å². The minimum atomic E-state index is -4.46. The first-order valence-corrected chi connectivity index (χ1v) is 11.9. The van der Waals surface area contributed by atoms with E-state index in [1.54, 1.807) is 0 Å². The van der Waals surface area contributed by atoms with E-state index < -0.39 is 11.7 Å². The van der Waals surface area contributed by atoms with Gasteiger partial charge in [-0.3, -0.25) is 4.90 Å². The number of hydrogen-bond donors (Lipinski definition) is 0. The zero-order chi connectivity index (χ0) is 25.4. The number of nitrogens with zero attached hydrogens (tertiary/aromatic N) is 2. The Morgan fingerprint density at radius 3 is 1.57 bits per heavy atom. The van der Waals surface area contributed by atoms with Crippen molar-refractivity contribution in [2.45, 2.75) is 6.18 Å². The Bertz CT molecular complexity index is 1640. The van der Waals surface area contributed by atoms with Crippen molar-refractivity contribution in [3.63, 3.8) is 0 Å². The molecule has 37 heavy (non-hydrogen) atoms. The molecular weight excluding hydrogens is 469 g/mol. The number of alkyl halides is 3. The molecule has 6 rings (SSSR count). The number of pyridine rings is 1. The number of halogens is 3. The van der Waals surface area contributed by atoms with Crippen LogP contribution in [0.3, 0.4) is 0 Å². The highest BCUT2D eigenvalue weighted by Gasteiger charge is 2.31. The summed E-state index contributed by atoms with van der Waals surface area (Å²) in [6, 6.07) is 38.7. The zero-order valence-corrected chi connectivity index (χ0v) is 19.7. The third-order valence-electron chi connectivity index (χ3n) is 6.51. The van der Waals surface area contributed by atoms with Crippen molar-refractivity contribution in [3.8, 4) is 11.1 Å². The Morgan fingerprint density at radius 2 is 1.05 bits per heavy atom. The van der Waals surface area contributed by atoms with E-state index in [1.165, 1.54) is 6.07 Å². The largest absolute Gasteiger partial charge is 0.417 e. The summed E-state index contributed by atoms with van der Waals surface area (Å²) in [7, 11) is 0. The van der Waals surface area contributed by atoms with Gasteiger partial charge in [0.2, 0.25) is 0 Å². The van der Waals surface area contributed by atoms with Gasteiger partial charge in [0.05, 0.1) is 11.3 Å². The van der Waals surface area contributed by atoms with Gasteiger partial charge < -0.3 is 0 Å². The van der Waals surface area contributed by atoms with Crippen LogP contribution in [0.1, 0.15) is 5.56 Å². The molecular formula is C32H21F3N2. The normalized spacial score (nSPS) is 11.6. The number of aromatic nitrogens is 1. The molecule has 0 amide bonds. The Hall–Kier alpha value is -4.64. The number of fused-ring (bicyclic) bond motifs is 2. The summed E-state index contributed by atoms with van der Waals surface area (Å²) >= 11 is 0. The van der Waals surface area contributed by atoms with E-state index in [-0.39, 0.29) is 0 Å². The zero-order valence-electron chi connectivity index (χ0n) is 19.7. The lowest BCUT2D eigenvalue weighted by Crippen LogP contribution is -2.14. The molecule has 0 atom stereocenters. The molecule has 2 nitrogen and oxygen atoms in total. The molecule has 0 radical (unpaired) electrons. The number of benzene rings is 5. The molecule has 0 aliphatic rings. The minimum Gasteiger partial charge on any atom is -0.294 e. The second kappa shape index (κ2) is 9.10. The second-order valence-electron chi connectivity index (χ2n) is 8.75. The van der Waals surface area contributed by atoms with Gasteiger partial charge in [-0.1, -0.05) is 97.1 Å². The summed E-state index contributed by atoms with van der Waals surface area (Å²) in [5, 5.41) is 4.06. The summed E-state index contributed by atoms with van der Waals surface area (Å²) < 4.78 is 40.0. The number of hydrogen-bond acceptors (Lipinski definition) is 2. The summed E-state index contributed by atoms with van der Waals surface area (Å²) in [4.78, 5) is 6.24. The lowest BCUT2D eigenvalue weighted by Gasteiger charge is -2.28. The molecule has 5 heteroatoms. The molecule has 0 unspecified atom stereocenters. The molecule has 0 bridgehead atoms. The van der Waals surface area contributed by atoms with Gasteiger partial charge in [-0.2, -0.15) is 13.2 Å². The van der Waals surface area contributed by atoms with E-state index in [0.717, 1.165) is 56.3 Å². The van der Waals surface area contributed by atoms with Crippen LogP contribution in [0.2, 0.25) is 0 Å². The lowest BCUT2D eigenvalue weighted by atomic mass is 9.90. The smallest absolute Gasteiger partial charge is 0.294 e. The maximum absolute atomic E-state index is 13.3. The summed E-state index contributed by atoms with van der Waals surface area (Å²) in [6.07, 6.45) is -3.56. The monoisotopic (exact) mass is 490 g/mol. The Kier molecular flexibility index (Phi) is 5.61. The predicted molar refractivity (Wildman–Crippen MR) is 144 cm³/mol. The van der Waals surface area contributed by atoms with Crippen LogP contribution in [0.4, 0.5) is 30.4 Å². The Balaban J connectivity index is 1.71. The van der Waals surface area contributed by atoms with E-state index >= 15 is 0 Å². The maximum atomic E-state index is 13.3. The van der Waals surface area contributed by atoms with E-state index in [9.17, 15) is 13.2 Å².